The van der Waals surface area contributed by atoms with Crippen molar-refractivity contribution in [3.8, 4) is 17.1 Å². The molecule has 2 heterocycles. The molecule has 1 aliphatic rings. The lowest BCUT2D eigenvalue weighted by molar-refractivity contribution is 0.177. The molecule has 0 bridgehead atoms. The van der Waals surface area contributed by atoms with Crippen molar-refractivity contribution in [2.24, 2.45) is 0 Å². The summed E-state index contributed by atoms with van der Waals surface area (Å²) in [5.74, 6) is 1.92. The van der Waals surface area contributed by atoms with E-state index in [4.69, 9.17) is 9.26 Å². The Bertz CT molecular complexity index is 812. The molecule has 0 radical (unpaired) electrons. The van der Waals surface area contributed by atoms with Crippen LogP contribution in [-0.2, 0) is 16.6 Å². The Labute approximate surface area is 153 Å². The summed E-state index contributed by atoms with van der Waals surface area (Å²) in [6, 6.07) is 7.58. The highest BCUT2D eigenvalue weighted by Gasteiger charge is 2.23. The van der Waals surface area contributed by atoms with Gasteiger partial charge in [-0.2, -0.15) is 4.98 Å². The Hall–Kier alpha value is -1.97. The topological polar surface area (TPSA) is 97.6 Å². The monoisotopic (exact) mass is 380 g/mol. The van der Waals surface area contributed by atoms with Gasteiger partial charge in [0.2, 0.25) is 21.7 Å². The van der Waals surface area contributed by atoms with Crippen LogP contribution in [0.4, 0.5) is 0 Å². The predicted molar refractivity (Wildman–Crippen MR) is 97.2 cm³/mol. The lowest BCUT2D eigenvalue weighted by Gasteiger charge is -2.30. The summed E-state index contributed by atoms with van der Waals surface area (Å²) in [7, 11) is -3.15. The second kappa shape index (κ2) is 8.15. The highest BCUT2D eigenvalue weighted by atomic mass is 32.2. The summed E-state index contributed by atoms with van der Waals surface area (Å²) in [6.07, 6.45) is 2.74. The molecule has 0 amide bonds. The van der Waals surface area contributed by atoms with Crippen LogP contribution in [0.3, 0.4) is 0 Å². The fourth-order valence-electron chi connectivity index (χ4n) is 3.01. The van der Waals surface area contributed by atoms with Crippen molar-refractivity contribution >= 4 is 10.0 Å². The minimum absolute atomic E-state index is 0.00310. The normalized spacial score (nSPS) is 16.7. The average Bonchev–Trinajstić information content (AvgIpc) is 3.05. The van der Waals surface area contributed by atoms with Crippen molar-refractivity contribution in [2.45, 2.75) is 32.4 Å². The zero-order valence-electron chi connectivity index (χ0n) is 15.0. The first kappa shape index (κ1) is 18.8. The largest absolute Gasteiger partial charge is 0.494 e. The molecule has 1 aromatic heterocycles. The van der Waals surface area contributed by atoms with Gasteiger partial charge in [0.05, 0.1) is 19.4 Å². The van der Waals surface area contributed by atoms with Gasteiger partial charge in [0, 0.05) is 24.7 Å². The van der Waals surface area contributed by atoms with E-state index in [1.54, 1.807) is 0 Å². The minimum Gasteiger partial charge on any atom is -0.494 e. The van der Waals surface area contributed by atoms with Crippen LogP contribution >= 0.6 is 0 Å². The minimum atomic E-state index is -3.15. The number of hydrogen-bond acceptors (Lipinski definition) is 7. The van der Waals surface area contributed by atoms with E-state index in [-0.39, 0.29) is 6.04 Å². The van der Waals surface area contributed by atoms with Crippen LogP contribution in [0.15, 0.2) is 28.8 Å². The third kappa shape index (κ3) is 5.26. The number of aromatic nitrogens is 2. The van der Waals surface area contributed by atoms with E-state index in [0.717, 1.165) is 37.2 Å². The maximum Gasteiger partial charge on any atom is 0.241 e. The standard InChI is InChI=1S/C17H24N4O4S/c1-3-24-15-6-4-13(5-7-15)17-18-16(25-19-17)12-21-10-8-14(9-11-21)20-26(2,22)23/h4-7,14,20H,3,8-12H2,1-2H3. The van der Waals surface area contributed by atoms with Crippen LogP contribution < -0.4 is 9.46 Å². The summed E-state index contributed by atoms with van der Waals surface area (Å²) in [6.45, 7) is 4.71. The first-order chi connectivity index (χ1) is 12.4. The van der Waals surface area contributed by atoms with Crippen LogP contribution in [0.25, 0.3) is 11.4 Å². The molecule has 8 nitrogen and oxygen atoms in total. The lowest BCUT2D eigenvalue weighted by Crippen LogP contribution is -2.43. The SMILES string of the molecule is CCOc1ccc(-c2noc(CN3CCC(NS(C)(=O)=O)CC3)n2)cc1. The maximum absolute atomic E-state index is 11.3. The average molecular weight is 380 g/mol. The molecule has 1 aromatic carbocycles. The second-order valence-electron chi connectivity index (χ2n) is 6.41. The summed E-state index contributed by atoms with van der Waals surface area (Å²) < 4.78 is 36.1. The van der Waals surface area contributed by atoms with Gasteiger partial charge in [-0.1, -0.05) is 5.16 Å². The van der Waals surface area contributed by atoms with Crippen LogP contribution in [-0.4, -0.2) is 55.5 Å². The van der Waals surface area contributed by atoms with Gasteiger partial charge in [-0.25, -0.2) is 13.1 Å². The summed E-state index contributed by atoms with van der Waals surface area (Å²) >= 11 is 0. The Balaban J connectivity index is 1.54. The molecule has 142 valence electrons. The molecule has 9 heteroatoms. The fraction of sp³-hybridized carbons (Fsp3) is 0.529. The number of nitrogens with one attached hydrogen (secondary N) is 1. The molecule has 1 N–H and O–H groups in total. The van der Waals surface area contributed by atoms with Gasteiger partial charge in [-0.05, 0) is 44.0 Å². The first-order valence-corrected chi connectivity index (χ1v) is 10.6. The molecular formula is C17H24N4O4S. The molecule has 1 fully saturated rings. The van der Waals surface area contributed by atoms with Crippen LogP contribution in [0, 0.1) is 0 Å². The predicted octanol–water partition coefficient (Wildman–Crippen LogP) is 1.65. The van der Waals surface area contributed by atoms with E-state index in [2.05, 4.69) is 19.8 Å². The zero-order valence-corrected chi connectivity index (χ0v) is 15.8. The van der Waals surface area contributed by atoms with E-state index in [0.29, 0.717) is 24.9 Å². The molecule has 0 atom stereocenters. The van der Waals surface area contributed by atoms with Crippen LogP contribution in [0.5, 0.6) is 5.75 Å². The van der Waals surface area contributed by atoms with E-state index in [1.165, 1.54) is 6.26 Å². The number of sulfonamides is 1. The Kier molecular flexibility index (Phi) is 5.90. The smallest absolute Gasteiger partial charge is 0.241 e. The van der Waals surface area contributed by atoms with Gasteiger partial charge in [0.15, 0.2) is 0 Å². The number of ether oxygens (including phenoxy) is 1. The summed E-state index contributed by atoms with van der Waals surface area (Å²) in [5, 5.41) is 4.05. The van der Waals surface area contributed by atoms with Gasteiger partial charge < -0.3 is 9.26 Å². The molecule has 1 saturated heterocycles. The van der Waals surface area contributed by atoms with E-state index in [1.807, 2.05) is 31.2 Å². The van der Waals surface area contributed by atoms with Gasteiger partial charge in [0.25, 0.3) is 0 Å². The van der Waals surface area contributed by atoms with E-state index >= 15 is 0 Å². The first-order valence-electron chi connectivity index (χ1n) is 8.68. The van der Waals surface area contributed by atoms with Crippen LogP contribution in [0.1, 0.15) is 25.7 Å². The molecule has 0 spiro atoms. The van der Waals surface area contributed by atoms with Crippen molar-refractivity contribution in [3.63, 3.8) is 0 Å². The molecule has 0 aliphatic carbocycles. The molecule has 1 aliphatic heterocycles. The van der Waals surface area contributed by atoms with Crippen molar-refractivity contribution in [2.75, 3.05) is 26.0 Å². The Morgan fingerprint density at radius 3 is 2.58 bits per heavy atom. The molecule has 0 unspecified atom stereocenters. The third-order valence-corrected chi connectivity index (χ3v) is 4.98. The van der Waals surface area contributed by atoms with Gasteiger partial charge in [0.1, 0.15) is 5.75 Å². The number of rotatable bonds is 7. The highest BCUT2D eigenvalue weighted by molar-refractivity contribution is 7.88. The Morgan fingerprint density at radius 2 is 1.96 bits per heavy atom. The number of hydrogen-bond donors (Lipinski definition) is 1. The Morgan fingerprint density at radius 1 is 1.27 bits per heavy atom. The second-order valence-corrected chi connectivity index (χ2v) is 8.19. The number of nitrogens with zero attached hydrogens (tertiary/aromatic N) is 3. The molecule has 3 rings (SSSR count). The fourth-order valence-corrected chi connectivity index (χ4v) is 3.85. The quantitative estimate of drug-likeness (QED) is 0.780. The van der Waals surface area contributed by atoms with E-state index in [9.17, 15) is 8.42 Å². The zero-order chi connectivity index (χ0) is 18.6. The van der Waals surface area contributed by atoms with Gasteiger partial charge in [-0.3, -0.25) is 4.90 Å². The third-order valence-electron chi connectivity index (χ3n) is 4.22. The van der Waals surface area contributed by atoms with Crippen molar-refractivity contribution < 1.29 is 17.7 Å². The van der Waals surface area contributed by atoms with Crippen molar-refractivity contribution in [1.82, 2.24) is 19.8 Å². The molecule has 2 aromatic rings. The van der Waals surface area contributed by atoms with Crippen LogP contribution in [0.2, 0.25) is 0 Å². The molecule has 26 heavy (non-hydrogen) atoms. The highest BCUT2D eigenvalue weighted by Crippen LogP contribution is 2.21. The van der Waals surface area contributed by atoms with Crippen molar-refractivity contribution in [3.05, 3.63) is 30.2 Å². The molecule has 0 saturated carbocycles. The van der Waals surface area contributed by atoms with E-state index < -0.39 is 10.0 Å². The lowest BCUT2D eigenvalue weighted by atomic mass is 10.1. The van der Waals surface area contributed by atoms with Gasteiger partial charge in [-0.15, -0.1) is 0 Å². The number of benzene rings is 1. The molecular weight excluding hydrogens is 356 g/mol. The summed E-state index contributed by atoms with van der Waals surface area (Å²) in [5.41, 5.74) is 0.875. The maximum atomic E-state index is 11.3. The number of piperidine rings is 1. The van der Waals surface area contributed by atoms with Gasteiger partial charge >= 0.3 is 0 Å². The van der Waals surface area contributed by atoms with Crippen molar-refractivity contribution in [1.29, 1.82) is 0 Å². The number of likely N-dealkylation sites (tertiary alicyclic amines) is 1. The summed E-state index contributed by atoms with van der Waals surface area (Å²) in [4.78, 5) is 6.65.